The first-order valence-corrected chi connectivity index (χ1v) is 8.52. The van der Waals surface area contributed by atoms with E-state index in [0.29, 0.717) is 29.0 Å². The predicted molar refractivity (Wildman–Crippen MR) is 97.5 cm³/mol. The third-order valence-electron chi connectivity index (χ3n) is 3.54. The first-order chi connectivity index (χ1) is 11.5. The van der Waals surface area contributed by atoms with Crippen LogP contribution >= 0.6 is 11.6 Å². The lowest BCUT2D eigenvalue weighted by atomic mass is 10.1. The SMILES string of the molecule is CC(C)CCNc1ccc(C(=O)NCCc2ccc(Cl)cc2)nn1. The number of halogens is 1. The van der Waals surface area contributed by atoms with Crippen molar-refractivity contribution in [3.05, 3.63) is 52.7 Å². The Morgan fingerprint density at radius 2 is 1.83 bits per heavy atom. The molecular formula is C18H23ClN4O. The van der Waals surface area contributed by atoms with Gasteiger partial charge in [-0.05, 0) is 48.6 Å². The number of nitrogens with one attached hydrogen (secondary N) is 2. The van der Waals surface area contributed by atoms with Crippen LogP contribution in [0.3, 0.4) is 0 Å². The Balaban J connectivity index is 1.76. The molecule has 0 spiro atoms. The maximum Gasteiger partial charge on any atom is 0.271 e. The number of hydrogen-bond donors (Lipinski definition) is 2. The van der Waals surface area contributed by atoms with Crippen LogP contribution in [0.5, 0.6) is 0 Å². The summed E-state index contributed by atoms with van der Waals surface area (Å²) in [7, 11) is 0. The molecule has 2 rings (SSSR count). The van der Waals surface area contributed by atoms with E-state index in [9.17, 15) is 4.79 Å². The summed E-state index contributed by atoms with van der Waals surface area (Å²) in [5.41, 5.74) is 1.44. The Hall–Kier alpha value is -2.14. The molecule has 0 unspecified atom stereocenters. The molecule has 6 heteroatoms. The van der Waals surface area contributed by atoms with E-state index in [4.69, 9.17) is 11.6 Å². The van der Waals surface area contributed by atoms with Gasteiger partial charge in [-0.1, -0.05) is 37.6 Å². The molecule has 1 aromatic carbocycles. The third-order valence-corrected chi connectivity index (χ3v) is 3.79. The topological polar surface area (TPSA) is 66.9 Å². The number of nitrogens with zero attached hydrogens (tertiary/aromatic N) is 2. The molecule has 24 heavy (non-hydrogen) atoms. The first kappa shape index (κ1) is 18.2. The summed E-state index contributed by atoms with van der Waals surface area (Å²) < 4.78 is 0. The van der Waals surface area contributed by atoms with Crippen LogP contribution in [0.2, 0.25) is 5.02 Å². The molecule has 1 amide bonds. The van der Waals surface area contributed by atoms with Crippen LogP contribution in [0.1, 0.15) is 36.3 Å². The van der Waals surface area contributed by atoms with Gasteiger partial charge in [0.1, 0.15) is 5.82 Å². The summed E-state index contributed by atoms with van der Waals surface area (Å²) >= 11 is 5.85. The zero-order valence-corrected chi connectivity index (χ0v) is 14.8. The van der Waals surface area contributed by atoms with Gasteiger partial charge >= 0.3 is 0 Å². The van der Waals surface area contributed by atoms with E-state index in [2.05, 4.69) is 34.7 Å². The minimum absolute atomic E-state index is 0.217. The van der Waals surface area contributed by atoms with Gasteiger partial charge < -0.3 is 10.6 Å². The van der Waals surface area contributed by atoms with Crippen LogP contribution in [0.15, 0.2) is 36.4 Å². The highest BCUT2D eigenvalue weighted by molar-refractivity contribution is 6.30. The molecule has 0 atom stereocenters. The number of amides is 1. The van der Waals surface area contributed by atoms with Crippen LogP contribution in [0.4, 0.5) is 5.82 Å². The fourth-order valence-electron chi connectivity index (χ4n) is 2.10. The van der Waals surface area contributed by atoms with Gasteiger partial charge in [-0.2, -0.15) is 0 Å². The van der Waals surface area contributed by atoms with E-state index in [1.165, 1.54) is 0 Å². The van der Waals surface area contributed by atoms with Gasteiger partial charge in [-0.25, -0.2) is 0 Å². The number of carbonyl (C=O) groups excluding carboxylic acids is 1. The van der Waals surface area contributed by atoms with Crippen LogP contribution in [-0.4, -0.2) is 29.2 Å². The number of hydrogen-bond acceptors (Lipinski definition) is 4. The van der Waals surface area contributed by atoms with Crippen molar-refractivity contribution in [2.24, 2.45) is 5.92 Å². The molecule has 1 heterocycles. The third kappa shape index (κ3) is 6.16. The molecule has 2 aromatic rings. The Bertz CT molecular complexity index is 641. The van der Waals surface area contributed by atoms with Gasteiger partial charge in [0.15, 0.2) is 5.69 Å². The van der Waals surface area contributed by atoms with Crippen molar-refractivity contribution in [1.82, 2.24) is 15.5 Å². The quantitative estimate of drug-likeness (QED) is 0.767. The van der Waals surface area contributed by atoms with Crippen LogP contribution in [0.25, 0.3) is 0 Å². The van der Waals surface area contributed by atoms with E-state index >= 15 is 0 Å². The van der Waals surface area contributed by atoms with E-state index in [-0.39, 0.29) is 5.91 Å². The van der Waals surface area contributed by atoms with Crippen molar-refractivity contribution in [3.8, 4) is 0 Å². The van der Waals surface area contributed by atoms with E-state index in [0.717, 1.165) is 24.9 Å². The van der Waals surface area contributed by atoms with Crippen molar-refractivity contribution in [3.63, 3.8) is 0 Å². The normalized spacial score (nSPS) is 10.7. The lowest BCUT2D eigenvalue weighted by molar-refractivity contribution is 0.0948. The average Bonchev–Trinajstić information content (AvgIpc) is 2.57. The minimum Gasteiger partial charge on any atom is -0.369 e. The molecule has 0 aliphatic carbocycles. The van der Waals surface area contributed by atoms with Gasteiger partial charge in [-0.15, -0.1) is 10.2 Å². The van der Waals surface area contributed by atoms with Crippen molar-refractivity contribution in [2.45, 2.75) is 26.7 Å². The Morgan fingerprint density at radius 1 is 1.08 bits per heavy atom. The highest BCUT2D eigenvalue weighted by atomic mass is 35.5. The van der Waals surface area contributed by atoms with Crippen molar-refractivity contribution in [2.75, 3.05) is 18.4 Å². The summed E-state index contributed by atoms with van der Waals surface area (Å²) in [6.45, 7) is 5.73. The maximum absolute atomic E-state index is 12.0. The van der Waals surface area contributed by atoms with Crippen LogP contribution in [-0.2, 0) is 6.42 Å². The summed E-state index contributed by atoms with van der Waals surface area (Å²) in [5, 5.41) is 14.8. The first-order valence-electron chi connectivity index (χ1n) is 8.15. The summed E-state index contributed by atoms with van der Waals surface area (Å²) in [5.74, 6) is 1.11. The molecule has 5 nitrogen and oxygen atoms in total. The Kier molecular flexibility index (Phi) is 7.00. The molecule has 0 fully saturated rings. The largest absolute Gasteiger partial charge is 0.369 e. The van der Waals surface area contributed by atoms with Crippen molar-refractivity contribution < 1.29 is 4.79 Å². The molecule has 2 N–H and O–H groups in total. The smallest absolute Gasteiger partial charge is 0.271 e. The van der Waals surface area contributed by atoms with E-state index in [1.807, 2.05) is 24.3 Å². The van der Waals surface area contributed by atoms with E-state index in [1.54, 1.807) is 12.1 Å². The molecule has 128 valence electrons. The van der Waals surface area contributed by atoms with Crippen molar-refractivity contribution in [1.29, 1.82) is 0 Å². The second-order valence-corrected chi connectivity index (χ2v) is 6.48. The number of anilines is 1. The van der Waals surface area contributed by atoms with Gasteiger partial charge in [-0.3, -0.25) is 4.79 Å². The standard InChI is InChI=1S/C18H23ClN4O/c1-13(2)9-11-20-17-8-7-16(22-23-17)18(24)21-12-10-14-3-5-15(19)6-4-14/h3-8,13H,9-12H2,1-2H3,(H,20,23)(H,21,24). The lowest BCUT2D eigenvalue weighted by Crippen LogP contribution is -2.26. The van der Waals surface area contributed by atoms with Gasteiger partial charge in [0.05, 0.1) is 0 Å². The monoisotopic (exact) mass is 346 g/mol. The second-order valence-electron chi connectivity index (χ2n) is 6.05. The zero-order valence-electron chi connectivity index (χ0n) is 14.1. The highest BCUT2D eigenvalue weighted by Gasteiger charge is 2.07. The Morgan fingerprint density at radius 3 is 2.46 bits per heavy atom. The zero-order chi connectivity index (χ0) is 17.4. The Labute approximate surface area is 147 Å². The average molecular weight is 347 g/mol. The lowest BCUT2D eigenvalue weighted by Gasteiger charge is -2.08. The molecule has 1 aromatic heterocycles. The second kappa shape index (κ2) is 9.23. The summed E-state index contributed by atoms with van der Waals surface area (Å²) in [6.07, 6.45) is 1.81. The highest BCUT2D eigenvalue weighted by Crippen LogP contribution is 2.09. The fourth-order valence-corrected chi connectivity index (χ4v) is 2.22. The minimum atomic E-state index is -0.217. The molecule has 0 radical (unpaired) electrons. The van der Waals surface area contributed by atoms with Gasteiger partial charge in [0, 0.05) is 18.1 Å². The number of benzene rings is 1. The molecule has 0 saturated heterocycles. The number of carbonyl (C=O) groups is 1. The van der Waals surface area contributed by atoms with E-state index < -0.39 is 0 Å². The molecular weight excluding hydrogens is 324 g/mol. The molecule has 0 saturated carbocycles. The van der Waals surface area contributed by atoms with Gasteiger partial charge in [0.25, 0.3) is 5.91 Å². The molecule has 0 aliphatic heterocycles. The number of rotatable bonds is 8. The predicted octanol–water partition coefficient (Wildman–Crippen LogP) is 3.56. The summed E-state index contributed by atoms with van der Waals surface area (Å²) in [6, 6.07) is 11.0. The van der Waals surface area contributed by atoms with Crippen molar-refractivity contribution >= 4 is 23.3 Å². The fraction of sp³-hybridized carbons (Fsp3) is 0.389. The molecule has 0 aliphatic rings. The summed E-state index contributed by atoms with van der Waals surface area (Å²) in [4.78, 5) is 12.0. The van der Waals surface area contributed by atoms with Crippen LogP contribution < -0.4 is 10.6 Å². The number of aromatic nitrogens is 2. The maximum atomic E-state index is 12.0. The van der Waals surface area contributed by atoms with Crippen LogP contribution in [0, 0.1) is 5.92 Å². The molecule has 0 bridgehead atoms. The van der Waals surface area contributed by atoms with Gasteiger partial charge in [0.2, 0.25) is 0 Å².